The van der Waals surface area contributed by atoms with Crippen molar-refractivity contribution in [3.63, 3.8) is 0 Å². The first-order valence-corrected chi connectivity index (χ1v) is 9.80. The van der Waals surface area contributed by atoms with Crippen molar-refractivity contribution in [2.24, 2.45) is 0 Å². The second-order valence-electron chi connectivity index (χ2n) is 6.29. The van der Waals surface area contributed by atoms with Crippen LogP contribution in [0.25, 0.3) is 16.3 Å². The zero-order chi connectivity index (χ0) is 17.7. The van der Waals surface area contributed by atoms with Crippen LogP contribution in [0.1, 0.15) is 24.2 Å². The van der Waals surface area contributed by atoms with Crippen molar-refractivity contribution >= 4 is 33.0 Å². The molecule has 6 nitrogen and oxygen atoms in total. The standard InChI is InChI=1S/C18H14BrN5OS/c1-25-12-4-2-11(3-5-12)18(8-9-18)16-21-22-17-20-10-13(23-24(16)17)14-6-7-15(19)26-14/h2-7,10H,8-9H2,1H3. The van der Waals surface area contributed by atoms with E-state index in [4.69, 9.17) is 9.84 Å². The van der Waals surface area contributed by atoms with E-state index in [1.54, 1.807) is 29.2 Å². The monoisotopic (exact) mass is 427 g/mol. The van der Waals surface area contributed by atoms with Gasteiger partial charge in [-0.2, -0.15) is 9.61 Å². The van der Waals surface area contributed by atoms with E-state index in [2.05, 4.69) is 43.2 Å². The Morgan fingerprint density at radius 1 is 1.12 bits per heavy atom. The van der Waals surface area contributed by atoms with Crippen LogP contribution in [-0.2, 0) is 5.41 Å². The summed E-state index contributed by atoms with van der Waals surface area (Å²) in [7, 11) is 1.67. The number of ether oxygens (including phenoxy) is 1. The van der Waals surface area contributed by atoms with Crippen LogP contribution in [0.3, 0.4) is 0 Å². The van der Waals surface area contributed by atoms with E-state index >= 15 is 0 Å². The van der Waals surface area contributed by atoms with Crippen molar-refractivity contribution < 1.29 is 4.74 Å². The fraction of sp³-hybridized carbons (Fsp3) is 0.222. The molecule has 0 bridgehead atoms. The Balaban J connectivity index is 1.62. The molecule has 1 saturated carbocycles. The smallest absolute Gasteiger partial charge is 0.271 e. The molecule has 1 aliphatic carbocycles. The molecule has 8 heteroatoms. The summed E-state index contributed by atoms with van der Waals surface area (Å²) >= 11 is 5.13. The molecular weight excluding hydrogens is 414 g/mol. The highest BCUT2D eigenvalue weighted by Gasteiger charge is 2.50. The van der Waals surface area contributed by atoms with E-state index in [-0.39, 0.29) is 5.41 Å². The highest BCUT2D eigenvalue weighted by atomic mass is 79.9. The van der Waals surface area contributed by atoms with Crippen molar-refractivity contribution in [2.75, 3.05) is 7.11 Å². The predicted molar refractivity (Wildman–Crippen MR) is 103 cm³/mol. The normalized spacial score (nSPS) is 15.3. The first-order chi connectivity index (χ1) is 12.7. The van der Waals surface area contributed by atoms with Gasteiger partial charge in [-0.25, -0.2) is 4.98 Å². The molecule has 0 N–H and O–H groups in total. The minimum atomic E-state index is -0.144. The van der Waals surface area contributed by atoms with Crippen LogP contribution in [0.2, 0.25) is 0 Å². The van der Waals surface area contributed by atoms with Gasteiger partial charge in [-0.15, -0.1) is 21.5 Å². The van der Waals surface area contributed by atoms with Crippen LogP contribution in [-0.4, -0.2) is 31.9 Å². The highest BCUT2D eigenvalue weighted by Crippen LogP contribution is 2.52. The van der Waals surface area contributed by atoms with Crippen molar-refractivity contribution in [3.05, 3.63) is 57.8 Å². The SMILES string of the molecule is COc1ccc(C2(c3nnc4ncc(-c5ccc(Br)s5)nn34)CC2)cc1. The van der Waals surface area contributed by atoms with E-state index in [1.807, 2.05) is 24.3 Å². The Morgan fingerprint density at radius 3 is 2.58 bits per heavy atom. The fourth-order valence-corrected chi connectivity index (χ4v) is 4.57. The van der Waals surface area contributed by atoms with Crippen molar-refractivity contribution in [1.82, 2.24) is 24.8 Å². The number of hydrogen-bond donors (Lipinski definition) is 0. The third-order valence-electron chi connectivity index (χ3n) is 4.78. The van der Waals surface area contributed by atoms with Gasteiger partial charge in [0.05, 0.1) is 27.4 Å². The highest BCUT2D eigenvalue weighted by molar-refractivity contribution is 9.11. The molecule has 26 heavy (non-hydrogen) atoms. The number of thiophene rings is 1. The molecular formula is C18H14BrN5OS. The Bertz CT molecular complexity index is 1100. The average molecular weight is 428 g/mol. The minimum Gasteiger partial charge on any atom is -0.497 e. The Morgan fingerprint density at radius 2 is 1.92 bits per heavy atom. The van der Waals surface area contributed by atoms with Gasteiger partial charge in [0.15, 0.2) is 5.82 Å². The first-order valence-electron chi connectivity index (χ1n) is 8.19. The minimum absolute atomic E-state index is 0.144. The lowest BCUT2D eigenvalue weighted by Gasteiger charge is -2.14. The van der Waals surface area contributed by atoms with E-state index in [0.29, 0.717) is 5.78 Å². The lowest BCUT2D eigenvalue weighted by Crippen LogP contribution is -2.15. The molecule has 1 aromatic carbocycles. The third-order valence-corrected chi connectivity index (χ3v) is 6.43. The van der Waals surface area contributed by atoms with Crippen LogP contribution < -0.4 is 4.74 Å². The maximum absolute atomic E-state index is 5.27. The summed E-state index contributed by atoms with van der Waals surface area (Å²) in [6.07, 6.45) is 3.80. The topological polar surface area (TPSA) is 65.2 Å². The summed E-state index contributed by atoms with van der Waals surface area (Å²) in [6.45, 7) is 0. The molecule has 5 rings (SSSR count). The summed E-state index contributed by atoms with van der Waals surface area (Å²) in [6, 6.07) is 12.2. The van der Waals surface area contributed by atoms with Crippen LogP contribution in [0.4, 0.5) is 0 Å². The Labute approximate surface area is 162 Å². The summed E-state index contributed by atoms with van der Waals surface area (Å²) in [5.41, 5.74) is 1.88. The zero-order valence-corrected chi connectivity index (χ0v) is 16.3. The lowest BCUT2D eigenvalue weighted by atomic mass is 9.95. The van der Waals surface area contributed by atoms with E-state index in [9.17, 15) is 0 Å². The number of aromatic nitrogens is 5. The molecule has 1 fully saturated rings. The molecule has 1 aliphatic rings. The molecule has 0 saturated heterocycles. The number of methoxy groups -OCH3 is 1. The van der Waals surface area contributed by atoms with Gasteiger partial charge in [0.25, 0.3) is 5.78 Å². The van der Waals surface area contributed by atoms with Crippen LogP contribution >= 0.6 is 27.3 Å². The van der Waals surface area contributed by atoms with Gasteiger partial charge in [0.2, 0.25) is 0 Å². The fourth-order valence-electron chi connectivity index (χ4n) is 3.24. The molecule has 0 radical (unpaired) electrons. The van der Waals surface area contributed by atoms with Crippen LogP contribution in [0.15, 0.2) is 46.4 Å². The van der Waals surface area contributed by atoms with E-state index in [0.717, 1.165) is 38.8 Å². The second kappa shape index (κ2) is 5.85. The lowest BCUT2D eigenvalue weighted by molar-refractivity contribution is 0.414. The Kier molecular flexibility index (Phi) is 3.58. The van der Waals surface area contributed by atoms with Gasteiger partial charge in [-0.05, 0) is 58.6 Å². The maximum atomic E-state index is 5.27. The molecule has 4 aromatic rings. The van der Waals surface area contributed by atoms with Crippen LogP contribution in [0, 0.1) is 0 Å². The Hall–Kier alpha value is -2.32. The molecule has 3 heterocycles. The van der Waals surface area contributed by atoms with E-state index in [1.165, 1.54) is 5.56 Å². The average Bonchev–Trinajstić information content (AvgIpc) is 3.17. The summed E-state index contributed by atoms with van der Waals surface area (Å²) in [4.78, 5) is 5.50. The quantitative estimate of drug-likeness (QED) is 0.490. The maximum Gasteiger partial charge on any atom is 0.271 e. The van der Waals surface area contributed by atoms with Gasteiger partial charge < -0.3 is 4.74 Å². The number of nitrogens with zero attached hydrogens (tertiary/aromatic N) is 5. The predicted octanol–water partition coefficient (Wildman–Crippen LogP) is 4.10. The molecule has 3 aromatic heterocycles. The molecule has 0 atom stereocenters. The van der Waals surface area contributed by atoms with Gasteiger partial charge in [0, 0.05) is 0 Å². The third kappa shape index (κ3) is 2.44. The van der Waals surface area contributed by atoms with Crippen molar-refractivity contribution in [3.8, 4) is 16.3 Å². The summed E-state index contributed by atoms with van der Waals surface area (Å²) in [5.74, 6) is 2.22. The van der Waals surface area contributed by atoms with Crippen molar-refractivity contribution in [2.45, 2.75) is 18.3 Å². The van der Waals surface area contributed by atoms with E-state index < -0.39 is 0 Å². The first kappa shape index (κ1) is 15.9. The molecule has 130 valence electrons. The molecule has 0 unspecified atom stereocenters. The number of halogens is 1. The van der Waals surface area contributed by atoms with Gasteiger partial charge in [0.1, 0.15) is 11.4 Å². The number of rotatable bonds is 4. The molecule has 0 spiro atoms. The van der Waals surface area contributed by atoms with Gasteiger partial charge in [-0.3, -0.25) is 0 Å². The summed E-state index contributed by atoms with van der Waals surface area (Å²) < 4.78 is 8.13. The second-order valence-corrected chi connectivity index (χ2v) is 8.76. The largest absolute Gasteiger partial charge is 0.497 e. The van der Waals surface area contributed by atoms with Crippen LogP contribution in [0.5, 0.6) is 5.75 Å². The molecule has 0 amide bonds. The van der Waals surface area contributed by atoms with Gasteiger partial charge >= 0.3 is 0 Å². The number of hydrogen-bond acceptors (Lipinski definition) is 6. The summed E-state index contributed by atoms with van der Waals surface area (Å²) in [5, 5.41) is 13.5. The van der Waals surface area contributed by atoms with Gasteiger partial charge in [-0.1, -0.05) is 12.1 Å². The van der Waals surface area contributed by atoms with Crippen molar-refractivity contribution in [1.29, 1.82) is 0 Å². The molecule has 0 aliphatic heterocycles. The number of fused-ring (bicyclic) bond motifs is 1. The zero-order valence-electron chi connectivity index (χ0n) is 13.9. The number of benzene rings is 1.